The fourth-order valence-corrected chi connectivity index (χ4v) is 3.84. The second-order valence-electron chi connectivity index (χ2n) is 8.22. The number of aryl methyl sites for hydroxylation is 2. The summed E-state index contributed by atoms with van der Waals surface area (Å²) in [5, 5.41) is 3.09. The largest absolute Gasteiger partial charge is 0.491 e. The second kappa shape index (κ2) is 9.27. The van der Waals surface area contributed by atoms with Crippen LogP contribution in [0.2, 0.25) is 0 Å². The maximum absolute atomic E-state index is 12.8. The highest BCUT2D eigenvalue weighted by Crippen LogP contribution is 2.23. The van der Waals surface area contributed by atoms with Crippen LogP contribution in [0.5, 0.6) is 5.75 Å². The molecule has 4 rings (SSSR count). The van der Waals surface area contributed by atoms with Crippen LogP contribution in [0.3, 0.4) is 0 Å². The Kier molecular flexibility index (Phi) is 6.26. The maximum atomic E-state index is 12.8. The minimum absolute atomic E-state index is 0.109. The van der Waals surface area contributed by atoms with Gasteiger partial charge >= 0.3 is 0 Å². The first-order valence-corrected chi connectivity index (χ1v) is 11.0. The van der Waals surface area contributed by atoms with E-state index in [9.17, 15) is 4.79 Å². The third-order valence-corrected chi connectivity index (χ3v) is 5.86. The SMILES string of the molecule is Cc1ccc(C(=O)NC(C)c2nc3ccccc3n2CCOc2cccc(C)c2C)cc1. The summed E-state index contributed by atoms with van der Waals surface area (Å²) in [6.07, 6.45) is 0. The third kappa shape index (κ3) is 4.52. The van der Waals surface area contributed by atoms with Crippen molar-refractivity contribution < 1.29 is 9.53 Å². The van der Waals surface area contributed by atoms with Crippen LogP contribution in [-0.4, -0.2) is 22.1 Å². The zero-order chi connectivity index (χ0) is 22.7. The molecule has 1 heterocycles. The van der Waals surface area contributed by atoms with E-state index in [1.807, 2.05) is 68.4 Å². The van der Waals surface area contributed by atoms with Crippen molar-refractivity contribution in [3.63, 3.8) is 0 Å². The molecule has 1 aromatic heterocycles. The van der Waals surface area contributed by atoms with Crippen molar-refractivity contribution in [2.24, 2.45) is 0 Å². The predicted molar refractivity (Wildman–Crippen MR) is 128 cm³/mol. The summed E-state index contributed by atoms with van der Waals surface area (Å²) in [6, 6.07) is 21.5. The molecule has 0 aliphatic carbocycles. The van der Waals surface area contributed by atoms with Gasteiger partial charge in [-0.3, -0.25) is 4.79 Å². The van der Waals surface area contributed by atoms with E-state index in [4.69, 9.17) is 9.72 Å². The Morgan fingerprint density at radius 1 is 1.00 bits per heavy atom. The van der Waals surface area contributed by atoms with E-state index < -0.39 is 0 Å². The van der Waals surface area contributed by atoms with Crippen LogP contribution in [0.1, 0.15) is 45.8 Å². The number of nitrogens with one attached hydrogen (secondary N) is 1. The molecule has 32 heavy (non-hydrogen) atoms. The predicted octanol–water partition coefficient (Wildman–Crippen LogP) is 5.53. The van der Waals surface area contributed by atoms with Crippen molar-refractivity contribution in [2.75, 3.05) is 6.61 Å². The lowest BCUT2D eigenvalue weighted by Crippen LogP contribution is -2.29. The highest BCUT2D eigenvalue weighted by atomic mass is 16.5. The van der Waals surface area contributed by atoms with Gasteiger partial charge in [0.15, 0.2) is 0 Å². The van der Waals surface area contributed by atoms with Crippen LogP contribution in [0.4, 0.5) is 0 Å². The number of para-hydroxylation sites is 2. The molecule has 1 N–H and O–H groups in total. The molecule has 3 aromatic carbocycles. The lowest BCUT2D eigenvalue weighted by Gasteiger charge is -2.17. The average Bonchev–Trinajstić information content (AvgIpc) is 3.16. The lowest BCUT2D eigenvalue weighted by molar-refractivity contribution is 0.0937. The molecule has 0 fully saturated rings. The minimum Gasteiger partial charge on any atom is -0.491 e. The van der Waals surface area contributed by atoms with Gasteiger partial charge in [-0.15, -0.1) is 0 Å². The van der Waals surface area contributed by atoms with E-state index in [1.165, 1.54) is 5.56 Å². The van der Waals surface area contributed by atoms with Crippen molar-refractivity contribution >= 4 is 16.9 Å². The Bertz CT molecular complexity index is 1240. The Morgan fingerprint density at radius 3 is 2.53 bits per heavy atom. The van der Waals surface area contributed by atoms with Crippen LogP contribution < -0.4 is 10.1 Å². The Balaban J connectivity index is 1.54. The number of aromatic nitrogens is 2. The van der Waals surface area contributed by atoms with Gasteiger partial charge < -0.3 is 14.6 Å². The van der Waals surface area contributed by atoms with E-state index in [0.29, 0.717) is 18.7 Å². The zero-order valence-corrected chi connectivity index (χ0v) is 19.1. The fourth-order valence-electron chi connectivity index (χ4n) is 3.84. The first-order valence-electron chi connectivity index (χ1n) is 11.0. The van der Waals surface area contributed by atoms with Gasteiger partial charge in [0.1, 0.15) is 18.2 Å². The first-order chi connectivity index (χ1) is 15.4. The number of nitrogens with zero attached hydrogens (tertiary/aromatic N) is 2. The third-order valence-electron chi connectivity index (χ3n) is 5.86. The number of rotatable bonds is 7. The summed E-state index contributed by atoms with van der Waals surface area (Å²) in [6.45, 7) is 9.28. The molecule has 164 valence electrons. The summed E-state index contributed by atoms with van der Waals surface area (Å²) in [7, 11) is 0. The molecule has 0 saturated heterocycles. The number of carbonyl (C=O) groups is 1. The van der Waals surface area contributed by atoms with Crippen molar-refractivity contribution in [3.05, 3.63) is 94.8 Å². The molecular formula is C27H29N3O2. The normalized spacial score (nSPS) is 12.0. The van der Waals surface area contributed by atoms with Gasteiger partial charge in [-0.25, -0.2) is 4.98 Å². The van der Waals surface area contributed by atoms with Gasteiger partial charge in [0.05, 0.1) is 23.6 Å². The number of fused-ring (bicyclic) bond motifs is 1. The molecule has 5 nitrogen and oxygen atoms in total. The average molecular weight is 428 g/mol. The number of carbonyl (C=O) groups excluding carboxylic acids is 1. The Labute approximate surface area is 189 Å². The van der Waals surface area contributed by atoms with Gasteiger partial charge in [-0.2, -0.15) is 0 Å². The second-order valence-corrected chi connectivity index (χ2v) is 8.22. The summed E-state index contributed by atoms with van der Waals surface area (Å²) in [5.74, 6) is 1.61. The standard InChI is InChI=1S/C27H29N3O2/c1-18-12-14-22(15-13-18)27(31)28-21(4)26-29-23-9-5-6-10-24(23)30(26)16-17-32-25-11-7-8-19(2)20(25)3/h5-15,21H,16-17H2,1-4H3,(H,28,31). The van der Waals surface area contributed by atoms with Crippen molar-refractivity contribution in [2.45, 2.75) is 40.3 Å². The highest BCUT2D eigenvalue weighted by Gasteiger charge is 2.19. The van der Waals surface area contributed by atoms with Crippen LogP contribution in [0.25, 0.3) is 11.0 Å². The molecule has 1 unspecified atom stereocenters. The zero-order valence-electron chi connectivity index (χ0n) is 19.1. The van der Waals surface area contributed by atoms with Crippen molar-refractivity contribution in [1.29, 1.82) is 0 Å². The first kappa shape index (κ1) is 21.6. The molecule has 0 radical (unpaired) electrons. The molecule has 0 spiro atoms. The number of imidazole rings is 1. The van der Waals surface area contributed by atoms with Gasteiger partial charge in [0.2, 0.25) is 0 Å². The van der Waals surface area contributed by atoms with E-state index >= 15 is 0 Å². The quantitative estimate of drug-likeness (QED) is 0.422. The molecular weight excluding hydrogens is 398 g/mol. The topological polar surface area (TPSA) is 56.2 Å². The Hall–Kier alpha value is -3.60. The highest BCUT2D eigenvalue weighted by molar-refractivity contribution is 5.94. The molecule has 0 bridgehead atoms. The van der Waals surface area contributed by atoms with Gasteiger partial charge in [0, 0.05) is 5.56 Å². The molecule has 1 atom stereocenters. The molecule has 0 aliphatic heterocycles. The van der Waals surface area contributed by atoms with E-state index in [0.717, 1.165) is 33.7 Å². The Morgan fingerprint density at radius 2 is 1.75 bits per heavy atom. The van der Waals surface area contributed by atoms with Crippen molar-refractivity contribution in [3.8, 4) is 5.75 Å². The number of ether oxygens (including phenoxy) is 1. The van der Waals surface area contributed by atoms with Gasteiger partial charge in [0.25, 0.3) is 5.91 Å². The van der Waals surface area contributed by atoms with Crippen LogP contribution >= 0.6 is 0 Å². The summed E-state index contributed by atoms with van der Waals surface area (Å²) in [5.41, 5.74) is 6.07. The molecule has 4 aromatic rings. The monoisotopic (exact) mass is 427 g/mol. The van der Waals surface area contributed by atoms with E-state index in [-0.39, 0.29) is 11.9 Å². The maximum Gasteiger partial charge on any atom is 0.251 e. The number of benzene rings is 3. The van der Waals surface area contributed by atoms with Gasteiger partial charge in [-0.05, 0) is 69.2 Å². The van der Waals surface area contributed by atoms with Crippen LogP contribution in [0.15, 0.2) is 66.7 Å². The van der Waals surface area contributed by atoms with E-state index in [2.05, 4.69) is 35.9 Å². The fraction of sp³-hybridized carbons (Fsp3) is 0.259. The van der Waals surface area contributed by atoms with E-state index in [1.54, 1.807) is 0 Å². The molecule has 0 saturated carbocycles. The molecule has 0 aliphatic rings. The lowest BCUT2D eigenvalue weighted by atomic mass is 10.1. The molecule has 1 amide bonds. The number of amides is 1. The summed E-state index contributed by atoms with van der Waals surface area (Å²) >= 11 is 0. The summed E-state index contributed by atoms with van der Waals surface area (Å²) < 4.78 is 8.24. The number of hydrogen-bond donors (Lipinski definition) is 1. The summed E-state index contributed by atoms with van der Waals surface area (Å²) in [4.78, 5) is 17.6. The van der Waals surface area contributed by atoms with Gasteiger partial charge in [-0.1, -0.05) is 42.0 Å². The minimum atomic E-state index is -0.253. The smallest absolute Gasteiger partial charge is 0.251 e. The van der Waals surface area contributed by atoms with Crippen molar-refractivity contribution in [1.82, 2.24) is 14.9 Å². The van der Waals surface area contributed by atoms with Crippen LogP contribution in [0, 0.1) is 20.8 Å². The number of hydrogen-bond acceptors (Lipinski definition) is 3. The molecule has 5 heteroatoms. The van der Waals surface area contributed by atoms with Crippen LogP contribution in [-0.2, 0) is 6.54 Å².